The van der Waals surface area contributed by atoms with Crippen LogP contribution in [0.15, 0.2) is 57.8 Å². The summed E-state index contributed by atoms with van der Waals surface area (Å²) in [6.07, 6.45) is 2.92. The molecule has 1 aromatic carbocycles. The number of carbonyl (C=O) groups is 1. The van der Waals surface area contributed by atoms with Gasteiger partial charge in [0.25, 0.3) is 0 Å². The number of rotatable bonds is 8. The Morgan fingerprint density at radius 2 is 2.10 bits per heavy atom. The lowest BCUT2D eigenvalue weighted by molar-refractivity contribution is -0.120. The second-order valence-corrected chi connectivity index (χ2v) is 8.71. The molecule has 0 atom stereocenters. The van der Waals surface area contributed by atoms with E-state index in [9.17, 15) is 4.79 Å². The molecule has 30 heavy (non-hydrogen) atoms. The van der Waals surface area contributed by atoms with Gasteiger partial charge >= 0.3 is 0 Å². The number of aromatic nitrogens is 3. The number of hydrogen-bond acceptors (Lipinski definition) is 5. The number of thiophene rings is 1. The molecule has 3 heterocycles. The number of amides is 1. The monoisotopic (exact) mass is 503 g/mol. The molecule has 3 aromatic heterocycles. The Bertz CT molecular complexity index is 1160. The minimum atomic E-state index is 0.0386. The highest BCUT2D eigenvalue weighted by Crippen LogP contribution is 2.30. The van der Waals surface area contributed by atoms with Crippen LogP contribution in [0.2, 0.25) is 5.02 Å². The molecule has 6 nitrogen and oxygen atoms in total. The van der Waals surface area contributed by atoms with Crippen LogP contribution >= 0.6 is 38.9 Å². The third kappa shape index (κ3) is 4.83. The van der Waals surface area contributed by atoms with Crippen LogP contribution in [-0.2, 0) is 11.2 Å². The number of halogens is 2. The van der Waals surface area contributed by atoms with Crippen LogP contribution in [0, 0.1) is 0 Å². The summed E-state index contributed by atoms with van der Waals surface area (Å²) in [5, 5.41) is 15.4. The Morgan fingerprint density at radius 3 is 2.90 bits per heavy atom. The second-order valence-electron chi connectivity index (χ2n) is 6.67. The zero-order valence-corrected chi connectivity index (χ0v) is 19.1. The molecule has 0 fully saturated rings. The summed E-state index contributed by atoms with van der Waals surface area (Å²) < 4.78 is 2.56. The molecule has 0 aliphatic heterocycles. The maximum atomic E-state index is 12.0. The molecule has 0 saturated heterocycles. The summed E-state index contributed by atoms with van der Waals surface area (Å²) in [5.74, 6) is 0.849. The Hall–Kier alpha value is -2.42. The number of nitrogens with zero attached hydrogens (tertiary/aromatic N) is 3. The van der Waals surface area contributed by atoms with Crippen molar-refractivity contribution < 1.29 is 4.79 Å². The van der Waals surface area contributed by atoms with Gasteiger partial charge in [-0.25, -0.2) is 4.98 Å². The Kier molecular flexibility index (Phi) is 6.66. The van der Waals surface area contributed by atoms with Crippen LogP contribution in [0.5, 0.6) is 0 Å². The van der Waals surface area contributed by atoms with E-state index in [1.807, 2.05) is 47.2 Å². The van der Waals surface area contributed by atoms with Crippen molar-refractivity contribution in [2.45, 2.75) is 12.8 Å². The molecule has 0 aliphatic carbocycles. The van der Waals surface area contributed by atoms with Crippen molar-refractivity contribution in [3.8, 4) is 11.3 Å². The van der Waals surface area contributed by atoms with E-state index in [-0.39, 0.29) is 5.91 Å². The second kappa shape index (κ2) is 9.59. The molecule has 1 amide bonds. The van der Waals surface area contributed by atoms with Gasteiger partial charge < -0.3 is 10.6 Å². The van der Waals surface area contributed by atoms with Crippen molar-refractivity contribution in [3.63, 3.8) is 0 Å². The van der Waals surface area contributed by atoms with Crippen molar-refractivity contribution in [2.24, 2.45) is 0 Å². The standard InChI is InChI=1S/C21H19BrClN5OS/c22-16-12-26-28-19(11-18(27-21(16)28)15-4-1-2-5-17(15)23)24-7-3-8-25-20(29)10-14-6-9-30-13-14/h1-2,4-6,9,11-13,24H,3,7-8,10H2,(H,25,29). The topological polar surface area (TPSA) is 71.3 Å². The third-order valence-electron chi connectivity index (χ3n) is 4.51. The van der Waals surface area contributed by atoms with Gasteiger partial charge in [0.1, 0.15) is 5.82 Å². The molecule has 154 valence electrons. The summed E-state index contributed by atoms with van der Waals surface area (Å²) in [7, 11) is 0. The molecule has 9 heteroatoms. The summed E-state index contributed by atoms with van der Waals surface area (Å²) in [6, 6.07) is 11.5. The lowest BCUT2D eigenvalue weighted by atomic mass is 10.1. The van der Waals surface area contributed by atoms with E-state index in [0.717, 1.165) is 33.5 Å². The van der Waals surface area contributed by atoms with Crippen molar-refractivity contribution in [1.29, 1.82) is 0 Å². The van der Waals surface area contributed by atoms with Crippen LogP contribution in [0.1, 0.15) is 12.0 Å². The predicted molar refractivity (Wildman–Crippen MR) is 125 cm³/mol. The first kappa shape index (κ1) is 20.8. The largest absolute Gasteiger partial charge is 0.370 e. The van der Waals surface area contributed by atoms with E-state index < -0.39 is 0 Å². The molecule has 0 unspecified atom stereocenters. The smallest absolute Gasteiger partial charge is 0.224 e. The lowest BCUT2D eigenvalue weighted by Crippen LogP contribution is -2.27. The fourth-order valence-electron chi connectivity index (χ4n) is 3.04. The molecular weight excluding hydrogens is 486 g/mol. The molecule has 0 bridgehead atoms. The molecule has 0 aliphatic rings. The zero-order valence-electron chi connectivity index (χ0n) is 15.9. The van der Waals surface area contributed by atoms with Gasteiger partial charge in [0.05, 0.1) is 22.8 Å². The quantitative estimate of drug-likeness (QED) is 0.330. The highest BCUT2D eigenvalue weighted by molar-refractivity contribution is 9.10. The summed E-state index contributed by atoms with van der Waals surface area (Å²) in [6.45, 7) is 1.28. The number of carbonyl (C=O) groups excluding carboxylic acids is 1. The summed E-state index contributed by atoms with van der Waals surface area (Å²) >= 11 is 11.5. The van der Waals surface area contributed by atoms with Gasteiger partial charge in [-0.3, -0.25) is 4.79 Å². The van der Waals surface area contributed by atoms with Crippen LogP contribution in [0.25, 0.3) is 16.9 Å². The highest BCUT2D eigenvalue weighted by atomic mass is 79.9. The third-order valence-corrected chi connectivity index (χ3v) is 6.13. The minimum absolute atomic E-state index is 0.0386. The SMILES string of the molecule is O=C(Cc1ccsc1)NCCCNc1cc(-c2ccccc2Cl)nc2c(Br)cnn12. The molecule has 2 N–H and O–H groups in total. The lowest BCUT2D eigenvalue weighted by Gasteiger charge is -2.12. The average Bonchev–Trinajstić information content (AvgIpc) is 3.38. The van der Waals surface area contributed by atoms with E-state index in [2.05, 4.69) is 31.7 Å². The maximum absolute atomic E-state index is 12.0. The Labute approximate surface area is 191 Å². The predicted octanol–water partition coefficient (Wildman–Crippen LogP) is 5.03. The van der Waals surface area contributed by atoms with Gasteiger partial charge in [-0.05, 0) is 50.8 Å². The van der Waals surface area contributed by atoms with Crippen molar-refractivity contribution in [3.05, 3.63) is 68.4 Å². The van der Waals surface area contributed by atoms with E-state index in [4.69, 9.17) is 16.6 Å². The first-order valence-electron chi connectivity index (χ1n) is 9.42. The normalized spacial score (nSPS) is 11.0. The highest BCUT2D eigenvalue weighted by Gasteiger charge is 2.13. The fraction of sp³-hybridized carbons (Fsp3) is 0.190. The molecule has 0 radical (unpaired) electrons. The van der Waals surface area contributed by atoms with E-state index in [1.54, 1.807) is 22.0 Å². The van der Waals surface area contributed by atoms with Crippen LogP contribution in [0.3, 0.4) is 0 Å². The van der Waals surface area contributed by atoms with E-state index in [0.29, 0.717) is 30.2 Å². The Morgan fingerprint density at radius 1 is 1.23 bits per heavy atom. The van der Waals surface area contributed by atoms with Crippen molar-refractivity contribution >= 4 is 56.2 Å². The molecule has 0 saturated carbocycles. The minimum Gasteiger partial charge on any atom is -0.370 e. The van der Waals surface area contributed by atoms with Gasteiger partial charge in [-0.2, -0.15) is 21.0 Å². The summed E-state index contributed by atoms with van der Waals surface area (Å²) in [5.41, 5.74) is 3.38. The van der Waals surface area contributed by atoms with Crippen LogP contribution in [0.4, 0.5) is 5.82 Å². The number of fused-ring (bicyclic) bond motifs is 1. The van der Waals surface area contributed by atoms with Gasteiger partial charge in [0, 0.05) is 29.7 Å². The van der Waals surface area contributed by atoms with Crippen LogP contribution in [-0.4, -0.2) is 33.6 Å². The van der Waals surface area contributed by atoms with Gasteiger partial charge in [-0.1, -0.05) is 29.8 Å². The molecular formula is C21H19BrClN5OS. The maximum Gasteiger partial charge on any atom is 0.224 e. The first-order chi connectivity index (χ1) is 14.6. The molecule has 0 spiro atoms. The number of anilines is 1. The van der Waals surface area contributed by atoms with Gasteiger partial charge in [0.2, 0.25) is 5.91 Å². The van der Waals surface area contributed by atoms with E-state index in [1.165, 1.54) is 0 Å². The summed E-state index contributed by atoms with van der Waals surface area (Å²) in [4.78, 5) is 16.7. The Balaban J connectivity index is 1.41. The fourth-order valence-corrected chi connectivity index (χ4v) is 4.29. The van der Waals surface area contributed by atoms with E-state index >= 15 is 0 Å². The number of nitrogens with one attached hydrogen (secondary N) is 2. The van der Waals surface area contributed by atoms with Crippen molar-refractivity contribution in [1.82, 2.24) is 19.9 Å². The van der Waals surface area contributed by atoms with Gasteiger partial charge in [0.15, 0.2) is 5.65 Å². The number of hydrogen-bond donors (Lipinski definition) is 2. The average molecular weight is 505 g/mol. The van der Waals surface area contributed by atoms with Gasteiger partial charge in [-0.15, -0.1) is 0 Å². The zero-order chi connectivity index (χ0) is 20.9. The molecule has 4 aromatic rings. The van der Waals surface area contributed by atoms with Crippen LogP contribution < -0.4 is 10.6 Å². The molecule has 4 rings (SSSR count). The van der Waals surface area contributed by atoms with Crippen molar-refractivity contribution in [2.75, 3.05) is 18.4 Å². The first-order valence-corrected chi connectivity index (χ1v) is 11.5. The number of benzene rings is 1.